The SMILES string of the molecule is CCCC(=O)OCCOCCOCCOCCOCCOCCOCCOCCOCCOCCOCCOCCOCCNC(=O)OCc1ccccc1. The van der Waals surface area contributed by atoms with Gasteiger partial charge in [-0.2, -0.15) is 0 Å². The Bertz CT molecular complexity index is 948. The molecule has 0 unspecified atom stereocenters. The second-order valence-corrected chi connectivity index (χ2v) is 11.3. The molecule has 0 atom stereocenters. The average Bonchev–Trinajstić information content (AvgIpc) is 3.19. The third kappa shape index (κ3) is 39.5. The Balaban J connectivity index is 1.62. The van der Waals surface area contributed by atoms with Crippen molar-refractivity contribution < 1.29 is 75.9 Å². The molecule has 0 aliphatic carbocycles. The molecular weight excluding hydrogens is 726 g/mol. The Morgan fingerprint density at radius 1 is 0.418 bits per heavy atom. The minimum atomic E-state index is -0.473. The van der Waals surface area contributed by atoms with Gasteiger partial charge < -0.3 is 71.6 Å². The lowest BCUT2D eigenvalue weighted by Gasteiger charge is -2.09. The number of benzene rings is 1. The lowest BCUT2D eigenvalue weighted by molar-refractivity contribution is -0.145. The fraction of sp³-hybridized carbons (Fsp3) is 0.789. The van der Waals surface area contributed by atoms with E-state index in [-0.39, 0.29) is 19.2 Å². The lowest BCUT2D eigenvalue weighted by atomic mass is 10.2. The van der Waals surface area contributed by atoms with Crippen LogP contribution in [-0.4, -0.2) is 184 Å². The molecule has 0 saturated heterocycles. The van der Waals surface area contributed by atoms with Crippen LogP contribution in [-0.2, 0) is 77.7 Å². The Labute approximate surface area is 327 Å². The second kappa shape index (κ2) is 42.6. The second-order valence-electron chi connectivity index (χ2n) is 11.3. The monoisotopic (exact) mass is 793 g/mol. The van der Waals surface area contributed by atoms with Crippen molar-refractivity contribution in [2.45, 2.75) is 26.4 Å². The van der Waals surface area contributed by atoms with Crippen LogP contribution >= 0.6 is 0 Å². The summed E-state index contributed by atoms with van der Waals surface area (Å²) in [6.07, 6.45) is 0.744. The highest BCUT2D eigenvalue weighted by Gasteiger charge is 2.03. The number of nitrogens with one attached hydrogen (secondary N) is 1. The molecule has 0 heterocycles. The zero-order valence-electron chi connectivity index (χ0n) is 32.9. The molecule has 0 aromatic heterocycles. The van der Waals surface area contributed by atoms with Gasteiger partial charge in [0.15, 0.2) is 0 Å². The Hall–Kier alpha value is -2.52. The molecule has 1 aromatic rings. The van der Waals surface area contributed by atoms with Gasteiger partial charge in [0.25, 0.3) is 0 Å². The smallest absolute Gasteiger partial charge is 0.407 e. The van der Waals surface area contributed by atoms with Crippen LogP contribution in [0.5, 0.6) is 0 Å². The highest BCUT2D eigenvalue weighted by atomic mass is 16.6. The van der Waals surface area contributed by atoms with Gasteiger partial charge >= 0.3 is 12.1 Å². The number of rotatable bonds is 43. The van der Waals surface area contributed by atoms with Crippen LogP contribution in [0.2, 0.25) is 0 Å². The van der Waals surface area contributed by atoms with E-state index >= 15 is 0 Å². The van der Waals surface area contributed by atoms with Gasteiger partial charge in [0, 0.05) is 13.0 Å². The average molecular weight is 794 g/mol. The summed E-state index contributed by atoms with van der Waals surface area (Å²) >= 11 is 0. The molecule has 0 fully saturated rings. The fourth-order valence-electron chi connectivity index (χ4n) is 4.01. The van der Waals surface area contributed by atoms with Crippen molar-refractivity contribution in [2.24, 2.45) is 0 Å². The quantitative estimate of drug-likeness (QED) is 0.0754. The number of carbonyl (C=O) groups excluding carboxylic acids is 2. The molecule has 320 valence electrons. The molecule has 55 heavy (non-hydrogen) atoms. The number of carbonyl (C=O) groups is 2. The fourth-order valence-corrected chi connectivity index (χ4v) is 4.01. The molecule has 0 aliphatic heterocycles. The van der Waals surface area contributed by atoms with Crippen LogP contribution in [0.25, 0.3) is 0 Å². The number of hydrogen-bond donors (Lipinski definition) is 1. The predicted octanol–water partition coefficient (Wildman–Crippen LogP) is 2.46. The highest BCUT2D eigenvalue weighted by Crippen LogP contribution is 2.00. The van der Waals surface area contributed by atoms with Gasteiger partial charge in [-0.05, 0) is 12.0 Å². The topological polar surface area (TPSA) is 175 Å². The van der Waals surface area contributed by atoms with E-state index in [4.69, 9.17) is 66.3 Å². The van der Waals surface area contributed by atoms with E-state index in [9.17, 15) is 9.59 Å². The summed E-state index contributed by atoms with van der Waals surface area (Å²) in [7, 11) is 0. The maximum atomic E-state index is 11.7. The zero-order valence-corrected chi connectivity index (χ0v) is 32.9. The zero-order chi connectivity index (χ0) is 39.4. The summed E-state index contributed by atoms with van der Waals surface area (Å²) in [4.78, 5) is 22.9. The maximum Gasteiger partial charge on any atom is 0.407 e. The number of ether oxygens (including phenoxy) is 14. The molecule has 1 aromatic carbocycles. The first-order chi connectivity index (χ1) is 27.2. The molecule has 0 aliphatic rings. The Morgan fingerprint density at radius 3 is 1.05 bits per heavy atom. The third-order valence-corrected chi connectivity index (χ3v) is 6.77. The molecule has 0 spiro atoms. The molecule has 0 bridgehead atoms. The summed E-state index contributed by atoms with van der Waals surface area (Å²) in [5.41, 5.74) is 0.934. The first-order valence-electron chi connectivity index (χ1n) is 19.3. The van der Waals surface area contributed by atoms with Crippen molar-refractivity contribution >= 4 is 12.1 Å². The van der Waals surface area contributed by atoms with Gasteiger partial charge in [-0.3, -0.25) is 4.79 Å². The van der Waals surface area contributed by atoms with Crippen molar-refractivity contribution in [3.05, 3.63) is 35.9 Å². The number of esters is 1. The largest absolute Gasteiger partial charge is 0.463 e. The summed E-state index contributed by atoms with van der Waals surface area (Å²) in [5, 5.41) is 2.64. The number of hydrogen-bond acceptors (Lipinski definition) is 16. The number of alkyl carbamates (subject to hydrolysis) is 1. The molecule has 0 radical (unpaired) electrons. The molecular formula is C38H67NO16. The van der Waals surface area contributed by atoms with E-state index < -0.39 is 6.09 Å². The van der Waals surface area contributed by atoms with Crippen LogP contribution < -0.4 is 5.32 Å². The highest BCUT2D eigenvalue weighted by molar-refractivity contribution is 5.69. The molecule has 17 heteroatoms. The van der Waals surface area contributed by atoms with Gasteiger partial charge in [0.1, 0.15) is 13.2 Å². The number of amides is 1. The standard InChI is InChI=1S/C38H67NO16/c1-2-6-37(40)54-34-33-53-32-31-52-30-29-51-28-27-50-26-25-49-24-23-48-22-21-47-20-19-46-18-17-45-16-15-44-14-13-43-12-11-42-10-9-39-38(41)55-35-36-7-4-3-5-8-36/h3-5,7-8H,2,6,9-35H2,1H3,(H,39,41). The minimum Gasteiger partial charge on any atom is -0.463 e. The molecule has 0 saturated carbocycles. The molecule has 17 nitrogen and oxygen atoms in total. The Morgan fingerprint density at radius 2 is 0.727 bits per heavy atom. The summed E-state index contributed by atoms with van der Waals surface area (Å²) in [6, 6.07) is 9.50. The van der Waals surface area contributed by atoms with E-state index in [2.05, 4.69) is 5.32 Å². The van der Waals surface area contributed by atoms with Crippen LogP contribution in [0, 0.1) is 0 Å². The van der Waals surface area contributed by atoms with Gasteiger partial charge in [-0.15, -0.1) is 0 Å². The third-order valence-electron chi connectivity index (χ3n) is 6.77. The van der Waals surface area contributed by atoms with Crippen molar-refractivity contribution in [1.29, 1.82) is 0 Å². The van der Waals surface area contributed by atoms with Gasteiger partial charge in [-0.25, -0.2) is 4.79 Å². The van der Waals surface area contributed by atoms with E-state index in [1.165, 1.54) is 0 Å². The van der Waals surface area contributed by atoms with Crippen LogP contribution in [0.3, 0.4) is 0 Å². The van der Waals surface area contributed by atoms with Crippen molar-refractivity contribution in [3.63, 3.8) is 0 Å². The lowest BCUT2D eigenvalue weighted by Crippen LogP contribution is -2.28. The van der Waals surface area contributed by atoms with Crippen molar-refractivity contribution in [1.82, 2.24) is 5.32 Å². The molecule has 1 rings (SSSR count). The van der Waals surface area contributed by atoms with Crippen molar-refractivity contribution in [3.8, 4) is 0 Å². The normalized spacial score (nSPS) is 11.2. The van der Waals surface area contributed by atoms with Crippen molar-refractivity contribution in [2.75, 3.05) is 172 Å². The van der Waals surface area contributed by atoms with Crippen LogP contribution in [0.1, 0.15) is 25.3 Å². The summed E-state index contributed by atoms with van der Waals surface area (Å²) in [6.45, 7) is 14.0. The minimum absolute atomic E-state index is 0.193. The summed E-state index contributed by atoms with van der Waals surface area (Å²) < 4.78 is 75.6. The predicted molar refractivity (Wildman–Crippen MR) is 200 cm³/mol. The maximum absolute atomic E-state index is 11.7. The molecule has 1 N–H and O–H groups in total. The van der Waals surface area contributed by atoms with Crippen LogP contribution in [0.4, 0.5) is 4.79 Å². The Kier molecular flexibility index (Phi) is 39.1. The van der Waals surface area contributed by atoms with Gasteiger partial charge in [-0.1, -0.05) is 37.3 Å². The van der Waals surface area contributed by atoms with E-state index in [0.29, 0.717) is 172 Å². The van der Waals surface area contributed by atoms with Gasteiger partial charge in [0.05, 0.1) is 159 Å². The van der Waals surface area contributed by atoms with E-state index in [1.807, 2.05) is 37.3 Å². The summed E-state index contributed by atoms with van der Waals surface area (Å²) in [5.74, 6) is -0.193. The van der Waals surface area contributed by atoms with E-state index in [1.54, 1.807) is 0 Å². The van der Waals surface area contributed by atoms with Gasteiger partial charge in [0.2, 0.25) is 0 Å². The first kappa shape index (κ1) is 50.5. The molecule has 1 amide bonds. The first-order valence-corrected chi connectivity index (χ1v) is 19.3. The van der Waals surface area contributed by atoms with Crippen LogP contribution in [0.15, 0.2) is 30.3 Å². The van der Waals surface area contributed by atoms with E-state index in [0.717, 1.165) is 12.0 Å².